The average molecular weight is 301 g/mol. The van der Waals surface area contributed by atoms with Gasteiger partial charge in [0.25, 0.3) is 0 Å². The van der Waals surface area contributed by atoms with Crippen LogP contribution in [0.15, 0.2) is 0 Å². The van der Waals surface area contributed by atoms with Crippen molar-refractivity contribution in [3.8, 4) is 0 Å². The summed E-state index contributed by atoms with van der Waals surface area (Å²) in [5.41, 5.74) is 0. The molecule has 1 unspecified atom stereocenters. The summed E-state index contributed by atoms with van der Waals surface area (Å²) in [6.45, 7) is 2.09. The highest BCUT2D eigenvalue weighted by atomic mass is 16.5. The SMILES string of the molecule is COC(=O)C[C@H](NC(=O)N1CCC(NC(C)=O)C1)C(=O)O. The zero-order valence-corrected chi connectivity index (χ0v) is 11.9. The Morgan fingerprint density at radius 2 is 2.05 bits per heavy atom. The van der Waals surface area contributed by atoms with Crippen LogP contribution in [0.5, 0.6) is 0 Å². The molecule has 0 spiro atoms. The first kappa shape index (κ1) is 16.7. The van der Waals surface area contributed by atoms with Crippen LogP contribution in [-0.2, 0) is 19.1 Å². The molecule has 1 aliphatic heterocycles. The monoisotopic (exact) mass is 301 g/mol. The van der Waals surface area contributed by atoms with Gasteiger partial charge in [0, 0.05) is 26.1 Å². The van der Waals surface area contributed by atoms with Crippen LogP contribution in [0.4, 0.5) is 4.79 Å². The molecule has 21 heavy (non-hydrogen) atoms. The number of carbonyl (C=O) groups is 4. The Hall–Kier alpha value is -2.32. The van der Waals surface area contributed by atoms with Gasteiger partial charge >= 0.3 is 18.0 Å². The van der Waals surface area contributed by atoms with Crippen molar-refractivity contribution < 1.29 is 29.0 Å². The minimum Gasteiger partial charge on any atom is -0.480 e. The van der Waals surface area contributed by atoms with E-state index in [-0.39, 0.29) is 11.9 Å². The highest BCUT2D eigenvalue weighted by Gasteiger charge is 2.30. The lowest BCUT2D eigenvalue weighted by Gasteiger charge is -2.20. The number of urea groups is 1. The summed E-state index contributed by atoms with van der Waals surface area (Å²) in [6.07, 6.45) is 0.155. The second kappa shape index (κ2) is 7.46. The third-order valence-corrected chi connectivity index (χ3v) is 3.08. The van der Waals surface area contributed by atoms with Crippen molar-refractivity contribution >= 4 is 23.9 Å². The van der Waals surface area contributed by atoms with Crippen LogP contribution in [-0.4, -0.2) is 66.2 Å². The van der Waals surface area contributed by atoms with Crippen molar-refractivity contribution in [3.63, 3.8) is 0 Å². The average Bonchev–Trinajstić information content (AvgIpc) is 2.85. The Bertz CT molecular complexity index is 439. The van der Waals surface area contributed by atoms with Gasteiger partial charge in [-0.05, 0) is 6.42 Å². The van der Waals surface area contributed by atoms with Gasteiger partial charge < -0.3 is 25.4 Å². The van der Waals surface area contributed by atoms with Crippen LogP contribution in [0.25, 0.3) is 0 Å². The molecule has 1 fully saturated rings. The maximum Gasteiger partial charge on any atom is 0.326 e. The van der Waals surface area contributed by atoms with Crippen molar-refractivity contribution in [3.05, 3.63) is 0 Å². The third-order valence-electron chi connectivity index (χ3n) is 3.08. The van der Waals surface area contributed by atoms with E-state index < -0.39 is 30.4 Å². The maximum atomic E-state index is 11.9. The van der Waals surface area contributed by atoms with E-state index in [1.807, 2.05) is 0 Å². The molecule has 0 radical (unpaired) electrons. The molecule has 3 N–H and O–H groups in total. The molecule has 1 rings (SSSR count). The molecular weight excluding hydrogens is 282 g/mol. The molecule has 0 bridgehead atoms. The van der Waals surface area contributed by atoms with Gasteiger partial charge in [-0.3, -0.25) is 9.59 Å². The first-order chi connectivity index (χ1) is 9.83. The largest absolute Gasteiger partial charge is 0.480 e. The van der Waals surface area contributed by atoms with Gasteiger partial charge in [-0.25, -0.2) is 9.59 Å². The van der Waals surface area contributed by atoms with E-state index >= 15 is 0 Å². The molecule has 1 aliphatic rings. The summed E-state index contributed by atoms with van der Waals surface area (Å²) in [5.74, 6) is -2.22. The predicted molar refractivity (Wildman–Crippen MR) is 70.4 cm³/mol. The van der Waals surface area contributed by atoms with Gasteiger partial charge in [0.05, 0.1) is 13.5 Å². The van der Waals surface area contributed by atoms with Crippen molar-refractivity contribution in [2.75, 3.05) is 20.2 Å². The highest BCUT2D eigenvalue weighted by Crippen LogP contribution is 2.10. The minimum absolute atomic E-state index is 0.142. The van der Waals surface area contributed by atoms with Crippen molar-refractivity contribution in [2.45, 2.75) is 31.8 Å². The molecule has 3 amide bonds. The first-order valence-corrected chi connectivity index (χ1v) is 6.45. The molecule has 1 saturated heterocycles. The van der Waals surface area contributed by atoms with Crippen LogP contribution in [0, 0.1) is 0 Å². The molecule has 0 aromatic heterocycles. The third kappa shape index (κ3) is 5.28. The molecule has 0 saturated carbocycles. The first-order valence-electron chi connectivity index (χ1n) is 6.45. The number of aliphatic carboxylic acids is 1. The molecule has 118 valence electrons. The molecule has 0 aliphatic carbocycles. The van der Waals surface area contributed by atoms with Crippen molar-refractivity contribution in [1.29, 1.82) is 0 Å². The number of amides is 3. The summed E-state index contributed by atoms with van der Waals surface area (Å²) in [5, 5.41) is 13.9. The van der Waals surface area contributed by atoms with E-state index in [1.165, 1.54) is 11.8 Å². The van der Waals surface area contributed by atoms with E-state index in [1.54, 1.807) is 0 Å². The lowest BCUT2D eigenvalue weighted by Crippen LogP contribution is -2.49. The Labute approximate surface area is 121 Å². The minimum atomic E-state index is -1.34. The molecule has 9 heteroatoms. The number of carboxylic acid groups (broad SMARTS) is 1. The number of hydrogen-bond donors (Lipinski definition) is 3. The lowest BCUT2D eigenvalue weighted by atomic mass is 10.2. The molecule has 0 aromatic carbocycles. The molecule has 9 nitrogen and oxygen atoms in total. The van der Waals surface area contributed by atoms with E-state index in [0.717, 1.165) is 7.11 Å². The van der Waals surface area contributed by atoms with Crippen LogP contribution in [0.3, 0.4) is 0 Å². The Morgan fingerprint density at radius 1 is 1.38 bits per heavy atom. The smallest absolute Gasteiger partial charge is 0.326 e. The fraction of sp³-hybridized carbons (Fsp3) is 0.667. The van der Waals surface area contributed by atoms with E-state index in [2.05, 4.69) is 15.4 Å². The number of nitrogens with zero attached hydrogens (tertiary/aromatic N) is 1. The zero-order valence-electron chi connectivity index (χ0n) is 11.9. The summed E-state index contributed by atoms with van der Waals surface area (Å²) in [7, 11) is 1.14. The number of likely N-dealkylation sites (tertiary alicyclic amines) is 1. The van der Waals surface area contributed by atoms with Crippen LogP contribution in [0.1, 0.15) is 19.8 Å². The van der Waals surface area contributed by atoms with Gasteiger partial charge in [0.1, 0.15) is 6.04 Å². The Balaban J connectivity index is 2.52. The van der Waals surface area contributed by atoms with Gasteiger partial charge in [-0.1, -0.05) is 0 Å². The fourth-order valence-corrected chi connectivity index (χ4v) is 2.04. The maximum absolute atomic E-state index is 11.9. The molecular formula is C12H19N3O6. The van der Waals surface area contributed by atoms with Gasteiger partial charge in [0.15, 0.2) is 0 Å². The summed E-state index contributed by atoms with van der Waals surface area (Å²) in [6, 6.07) is -2.07. The summed E-state index contributed by atoms with van der Waals surface area (Å²) in [4.78, 5) is 46.4. The predicted octanol–water partition coefficient (Wildman–Crippen LogP) is -1.08. The number of carboxylic acids is 1. The fourth-order valence-electron chi connectivity index (χ4n) is 2.04. The Morgan fingerprint density at radius 3 is 2.57 bits per heavy atom. The topological polar surface area (TPSA) is 125 Å². The second-order valence-electron chi connectivity index (χ2n) is 4.75. The van der Waals surface area contributed by atoms with Gasteiger partial charge in [-0.2, -0.15) is 0 Å². The summed E-state index contributed by atoms with van der Waals surface area (Å²) < 4.78 is 4.38. The van der Waals surface area contributed by atoms with Gasteiger partial charge in [-0.15, -0.1) is 0 Å². The van der Waals surface area contributed by atoms with Gasteiger partial charge in [0.2, 0.25) is 5.91 Å². The van der Waals surface area contributed by atoms with E-state index in [9.17, 15) is 19.2 Å². The standard InChI is InChI=1S/C12H19N3O6/c1-7(16)13-8-3-4-15(6-8)12(20)14-9(11(18)19)5-10(17)21-2/h8-9H,3-6H2,1-2H3,(H,13,16)(H,14,20)(H,18,19)/t8?,9-/m0/s1. The van der Waals surface area contributed by atoms with Crippen LogP contribution < -0.4 is 10.6 Å². The van der Waals surface area contributed by atoms with E-state index in [4.69, 9.17) is 5.11 Å². The highest BCUT2D eigenvalue weighted by molar-refractivity contribution is 5.86. The number of carbonyl (C=O) groups excluding carboxylic acids is 3. The Kier molecular flexibility index (Phi) is 5.94. The zero-order chi connectivity index (χ0) is 16.0. The van der Waals surface area contributed by atoms with Crippen molar-refractivity contribution in [2.24, 2.45) is 0 Å². The number of hydrogen-bond acceptors (Lipinski definition) is 5. The quantitative estimate of drug-likeness (QED) is 0.555. The normalized spacial score (nSPS) is 18.8. The number of nitrogens with one attached hydrogen (secondary N) is 2. The molecule has 1 heterocycles. The van der Waals surface area contributed by atoms with Crippen molar-refractivity contribution in [1.82, 2.24) is 15.5 Å². The molecule has 0 aromatic rings. The lowest BCUT2D eigenvalue weighted by molar-refractivity contribution is -0.147. The van der Waals surface area contributed by atoms with E-state index in [0.29, 0.717) is 19.5 Å². The van der Waals surface area contributed by atoms with Crippen LogP contribution >= 0.6 is 0 Å². The number of rotatable bonds is 5. The molecule has 2 atom stereocenters. The summed E-state index contributed by atoms with van der Waals surface area (Å²) >= 11 is 0. The van der Waals surface area contributed by atoms with Crippen LogP contribution in [0.2, 0.25) is 0 Å². The second-order valence-corrected chi connectivity index (χ2v) is 4.75. The number of esters is 1. The number of ether oxygens (including phenoxy) is 1. The number of methoxy groups -OCH3 is 1.